The SMILES string of the molecule is C=C[Si](N(c1ccccc1)c1ccccc1)(N(c1ccccc1)c1ccccc1)N(c1ccccc1)c1ccccc1. The largest absolute Gasteiger partial charge is 0.420 e. The quantitative estimate of drug-likeness (QED) is 0.155. The van der Waals surface area contributed by atoms with Crippen LogP contribution >= 0.6 is 0 Å². The van der Waals surface area contributed by atoms with Crippen LogP contribution in [0.1, 0.15) is 0 Å². The predicted molar refractivity (Wildman–Crippen MR) is 181 cm³/mol. The van der Waals surface area contributed by atoms with Crippen molar-refractivity contribution in [1.29, 1.82) is 0 Å². The fraction of sp³-hybridized carbons (Fsp3) is 0. The van der Waals surface area contributed by atoms with Gasteiger partial charge < -0.3 is 13.7 Å². The third-order valence-electron chi connectivity index (χ3n) is 7.35. The molecule has 0 aliphatic heterocycles. The highest BCUT2D eigenvalue weighted by atomic mass is 28.4. The van der Waals surface area contributed by atoms with Crippen molar-refractivity contribution in [2.24, 2.45) is 0 Å². The lowest BCUT2D eigenvalue weighted by Crippen LogP contribution is -2.72. The van der Waals surface area contributed by atoms with E-state index in [-0.39, 0.29) is 0 Å². The molecule has 6 aromatic rings. The van der Waals surface area contributed by atoms with E-state index in [1.165, 1.54) is 0 Å². The molecule has 204 valence electrons. The minimum Gasteiger partial charge on any atom is -0.330 e. The molecule has 0 atom stereocenters. The van der Waals surface area contributed by atoms with E-state index < -0.39 is 8.56 Å². The van der Waals surface area contributed by atoms with E-state index in [0.29, 0.717) is 0 Å². The third-order valence-corrected chi connectivity index (χ3v) is 11.4. The van der Waals surface area contributed by atoms with Gasteiger partial charge in [-0.25, -0.2) is 0 Å². The van der Waals surface area contributed by atoms with Crippen molar-refractivity contribution in [2.45, 2.75) is 0 Å². The minimum atomic E-state index is -3.34. The summed E-state index contributed by atoms with van der Waals surface area (Å²) in [5, 5.41) is 0. The first-order valence-electron chi connectivity index (χ1n) is 14.2. The summed E-state index contributed by atoms with van der Waals surface area (Å²) in [6, 6.07) is 64.1. The molecule has 0 aliphatic rings. The molecule has 0 radical (unpaired) electrons. The first-order valence-corrected chi connectivity index (χ1v) is 16.1. The van der Waals surface area contributed by atoms with E-state index in [1.807, 2.05) is 0 Å². The molecule has 0 N–H and O–H groups in total. The molecule has 0 unspecified atom stereocenters. The van der Waals surface area contributed by atoms with Crippen molar-refractivity contribution in [2.75, 3.05) is 13.7 Å². The summed E-state index contributed by atoms with van der Waals surface area (Å²) in [6.07, 6.45) is 0. The van der Waals surface area contributed by atoms with Crippen molar-refractivity contribution >= 4 is 42.7 Å². The van der Waals surface area contributed by atoms with Gasteiger partial charge in [0.15, 0.2) is 0 Å². The predicted octanol–water partition coefficient (Wildman–Crippen LogP) is 10.2. The summed E-state index contributed by atoms with van der Waals surface area (Å²) in [6.45, 7) is 4.69. The van der Waals surface area contributed by atoms with Gasteiger partial charge in [-0.3, -0.25) is 0 Å². The van der Waals surface area contributed by atoms with Crippen LogP contribution in [-0.2, 0) is 0 Å². The van der Waals surface area contributed by atoms with Crippen LogP contribution in [-0.4, -0.2) is 8.56 Å². The summed E-state index contributed by atoms with van der Waals surface area (Å²) in [5.41, 5.74) is 8.72. The maximum absolute atomic E-state index is 4.69. The van der Waals surface area contributed by atoms with Crippen molar-refractivity contribution in [1.82, 2.24) is 0 Å². The summed E-state index contributed by atoms with van der Waals surface area (Å²) >= 11 is 0. The Labute approximate surface area is 250 Å². The third kappa shape index (κ3) is 5.12. The van der Waals surface area contributed by atoms with Crippen molar-refractivity contribution < 1.29 is 0 Å². The highest BCUT2D eigenvalue weighted by Crippen LogP contribution is 2.45. The number of hydrogen-bond donors (Lipinski definition) is 0. The summed E-state index contributed by atoms with van der Waals surface area (Å²) in [5.74, 6) is 0. The minimum absolute atomic E-state index is 1.09. The standard InChI is InChI=1S/C38H33N3Si/c1-2-42(39(33-21-9-3-10-22-33)34-23-11-4-12-24-34,40(35-25-13-5-14-26-35)36-27-15-6-16-28-36)41(37-29-17-7-18-30-37)38-31-19-8-20-32-38/h2-32H,1H2. The zero-order valence-corrected chi connectivity index (χ0v) is 24.4. The molecule has 0 heterocycles. The van der Waals surface area contributed by atoms with Crippen molar-refractivity contribution in [3.05, 3.63) is 194 Å². The van der Waals surface area contributed by atoms with Crippen molar-refractivity contribution in [3.8, 4) is 0 Å². The first-order chi connectivity index (χ1) is 20.8. The van der Waals surface area contributed by atoms with E-state index in [2.05, 4.69) is 208 Å². The van der Waals surface area contributed by atoms with Gasteiger partial charge in [0, 0.05) is 34.1 Å². The molecule has 0 aromatic heterocycles. The Morgan fingerprint density at radius 2 is 0.476 bits per heavy atom. The van der Waals surface area contributed by atoms with Crippen LogP contribution in [0.5, 0.6) is 0 Å². The van der Waals surface area contributed by atoms with Gasteiger partial charge in [0.05, 0.1) is 0 Å². The Hall–Kier alpha value is -5.32. The molecule has 0 fully saturated rings. The average Bonchev–Trinajstić information content (AvgIpc) is 3.08. The van der Waals surface area contributed by atoms with Crippen LogP contribution in [0.4, 0.5) is 34.1 Å². The molecule has 4 heteroatoms. The molecule has 0 aliphatic carbocycles. The topological polar surface area (TPSA) is 9.72 Å². The van der Waals surface area contributed by atoms with Gasteiger partial charge in [0.25, 0.3) is 0 Å². The Balaban J connectivity index is 1.79. The van der Waals surface area contributed by atoms with Gasteiger partial charge >= 0.3 is 8.56 Å². The van der Waals surface area contributed by atoms with E-state index >= 15 is 0 Å². The van der Waals surface area contributed by atoms with Gasteiger partial charge in [0.2, 0.25) is 0 Å². The number of anilines is 6. The average molecular weight is 560 g/mol. The molecule has 0 saturated carbocycles. The monoisotopic (exact) mass is 559 g/mol. The van der Waals surface area contributed by atoms with E-state index in [0.717, 1.165) is 34.1 Å². The lowest BCUT2D eigenvalue weighted by atomic mass is 10.2. The maximum Gasteiger partial charge on any atom is 0.420 e. The van der Waals surface area contributed by atoms with Crippen LogP contribution in [0.3, 0.4) is 0 Å². The lowest BCUT2D eigenvalue weighted by molar-refractivity contribution is 1.16. The number of rotatable bonds is 10. The highest BCUT2D eigenvalue weighted by Gasteiger charge is 2.53. The van der Waals surface area contributed by atoms with Crippen LogP contribution in [0.25, 0.3) is 0 Å². The van der Waals surface area contributed by atoms with Crippen LogP contribution in [0.15, 0.2) is 194 Å². The smallest absolute Gasteiger partial charge is 0.330 e. The van der Waals surface area contributed by atoms with Crippen LogP contribution < -0.4 is 13.7 Å². The van der Waals surface area contributed by atoms with Gasteiger partial charge in [-0.05, 0) is 78.5 Å². The summed E-state index contributed by atoms with van der Waals surface area (Å²) in [4.78, 5) is 0. The number of nitrogens with zero attached hydrogens (tertiary/aromatic N) is 3. The zero-order valence-electron chi connectivity index (χ0n) is 23.4. The number of benzene rings is 6. The van der Waals surface area contributed by atoms with Crippen LogP contribution in [0, 0.1) is 0 Å². The second kappa shape index (κ2) is 12.5. The Bertz CT molecular complexity index is 1360. The van der Waals surface area contributed by atoms with E-state index in [9.17, 15) is 0 Å². The molecule has 0 saturated heterocycles. The van der Waals surface area contributed by atoms with Crippen molar-refractivity contribution in [3.63, 3.8) is 0 Å². The van der Waals surface area contributed by atoms with Gasteiger partial charge in [-0.2, -0.15) is 0 Å². The fourth-order valence-corrected chi connectivity index (χ4v) is 9.95. The highest BCUT2D eigenvalue weighted by molar-refractivity contribution is 6.96. The second-order valence-electron chi connectivity index (χ2n) is 9.91. The first kappa shape index (κ1) is 26.9. The molecule has 3 nitrogen and oxygen atoms in total. The second-order valence-corrected chi connectivity index (χ2v) is 13.0. The maximum atomic E-state index is 4.69. The Morgan fingerprint density at radius 3 is 0.619 bits per heavy atom. The van der Waals surface area contributed by atoms with Gasteiger partial charge in [-0.1, -0.05) is 109 Å². The van der Waals surface area contributed by atoms with Gasteiger partial charge in [-0.15, -0.1) is 6.58 Å². The molecule has 6 rings (SSSR count). The Kier molecular flexibility index (Phi) is 7.97. The summed E-state index contributed by atoms with van der Waals surface area (Å²) in [7, 11) is -3.34. The fourth-order valence-electron chi connectivity index (χ4n) is 5.62. The van der Waals surface area contributed by atoms with E-state index in [4.69, 9.17) is 0 Å². The molecule has 0 amide bonds. The zero-order chi connectivity index (χ0) is 28.6. The molecule has 0 bridgehead atoms. The van der Waals surface area contributed by atoms with Gasteiger partial charge in [0.1, 0.15) is 0 Å². The molecule has 6 aromatic carbocycles. The molecular formula is C38H33N3Si. The normalized spacial score (nSPS) is 11.0. The number of para-hydroxylation sites is 6. The Morgan fingerprint density at radius 1 is 0.310 bits per heavy atom. The summed E-state index contributed by atoms with van der Waals surface area (Å²) < 4.78 is 7.54. The number of hydrogen-bond acceptors (Lipinski definition) is 3. The molecular weight excluding hydrogens is 527 g/mol. The lowest BCUT2D eigenvalue weighted by Gasteiger charge is -2.54. The molecule has 42 heavy (non-hydrogen) atoms. The molecule has 0 spiro atoms. The van der Waals surface area contributed by atoms with Crippen LogP contribution in [0.2, 0.25) is 0 Å². The van der Waals surface area contributed by atoms with E-state index in [1.54, 1.807) is 0 Å².